The molecule has 0 bridgehead atoms. The second-order valence-electron chi connectivity index (χ2n) is 5.38. The smallest absolute Gasteiger partial charge is 0.203 e. The second kappa shape index (κ2) is 6.64. The van der Waals surface area contributed by atoms with Gasteiger partial charge in [-0.1, -0.05) is 66.7 Å². The first kappa shape index (κ1) is 14.6. The van der Waals surface area contributed by atoms with Crippen LogP contribution in [0.3, 0.4) is 0 Å². The van der Waals surface area contributed by atoms with E-state index in [0.29, 0.717) is 0 Å². The Morgan fingerprint density at radius 3 is 2.54 bits per heavy atom. The Balaban J connectivity index is 1.48. The van der Waals surface area contributed by atoms with Crippen LogP contribution in [0, 0.1) is 0 Å². The second-order valence-corrected chi connectivity index (χ2v) is 6.24. The van der Waals surface area contributed by atoms with Crippen LogP contribution in [0.1, 0.15) is 5.56 Å². The van der Waals surface area contributed by atoms with Crippen molar-refractivity contribution in [2.24, 2.45) is 5.10 Å². The zero-order valence-corrected chi connectivity index (χ0v) is 13.7. The quantitative estimate of drug-likeness (QED) is 0.401. The number of hydrogen-bond donors (Lipinski definition) is 1. The minimum atomic E-state index is 0.783. The first-order chi connectivity index (χ1) is 11.9. The van der Waals surface area contributed by atoms with E-state index in [1.165, 1.54) is 10.8 Å². The highest BCUT2D eigenvalue weighted by Gasteiger charge is 2.02. The molecule has 0 saturated carbocycles. The average Bonchev–Trinajstić information content (AvgIpc) is 3.11. The Morgan fingerprint density at radius 2 is 1.67 bits per heavy atom. The van der Waals surface area contributed by atoms with Gasteiger partial charge in [-0.25, -0.2) is 4.98 Å². The molecule has 4 heteroatoms. The molecule has 0 saturated heterocycles. The molecule has 0 atom stereocenters. The van der Waals surface area contributed by atoms with Crippen LogP contribution in [0.4, 0.5) is 5.13 Å². The number of hydrogen-bond acceptors (Lipinski definition) is 4. The summed E-state index contributed by atoms with van der Waals surface area (Å²) in [4.78, 5) is 4.56. The van der Waals surface area contributed by atoms with Crippen LogP contribution in [0.25, 0.3) is 22.0 Å². The standard InChI is InChI=1S/C20H15N3S/c1-2-7-17(8-3-1)19-14-24-20(22-19)23-21-13-15-10-11-16-6-4-5-9-18(16)12-15/h1-14H,(H,22,23)/b21-13+. The molecule has 0 aliphatic heterocycles. The Bertz CT molecular complexity index is 990. The van der Waals surface area contributed by atoms with Gasteiger partial charge in [0.15, 0.2) is 0 Å². The van der Waals surface area contributed by atoms with Crippen molar-refractivity contribution in [1.29, 1.82) is 0 Å². The molecule has 3 nitrogen and oxygen atoms in total. The van der Waals surface area contributed by atoms with Crippen molar-refractivity contribution < 1.29 is 0 Å². The van der Waals surface area contributed by atoms with Gasteiger partial charge in [-0.3, -0.25) is 5.43 Å². The first-order valence-electron chi connectivity index (χ1n) is 7.67. The van der Waals surface area contributed by atoms with Crippen LogP contribution in [-0.4, -0.2) is 11.2 Å². The molecule has 116 valence electrons. The van der Waals surface area contributed by atoms with Crippen LogP contribution in [-0.2, 0) is 0 Å². The van der Waals surface area contributed by atoms with Gasteiger partial charge >= 0.3 is 0 Å². The Kier molecular flexibility index (Phi) is 4.04. The Morgan fingerprint density at radius 1 is 0.875 bits per heavy atom. The van der Waals surface area contributed by atoms with Gasteiger partial charge in [0.25, 0.3) is 0 Å². The highest BCUT2D eigenvalue weighted by molar-refractivity contribution is 7.14. The van der Waals surface area contributed by atoms with Crippen molar-refractivity contribution in [3.63, 3.8) is 0 Å². The van der Waals surface area contributed by atoms with Crippen LogP contribution in [0.5, 0.6) is 0 Å². The SMILES string of the molecule is C(=N\Nc1nc(-c2ccccc2)cs1)/c1ccc2ccccc2c1. The third-order valence-electron chi connectivity index (χ3n) is 3.72. The number of rotatable bonds is 4. The van der Waals surface area contributed by atoms with Gasteiger partial charge in [0.1, 0.15) is 0 Å². The normalized spacial score (nSPS) is 11.2. The fourth-order valence-electron chi connectivity index (χ4n) is 2.52. The molecule has 4 aromatic rings. The van der Waals surface area contributed by atoms with E-state index >= 15 is 0 Å². The maximum Gasteiger partial charge on any atom is 0.203 e. The Labute approximate surface area is 144 Å². The molecule has 0 amide bonds. The lowest BCUT2D eigenvalue weighted by atomic mass is 10.1. The third kappa shape index (κ3) is 3.19. The summed E-state index contributed by atoms with van der Waals surface area (Å²) in [5, 5.41) is 9.55. The molecule has 0 unspecified atom stereocenters. The summed E-state index contributed by atoms with van der Waals surface area (Å²) in [6.07, 6.45) is 1.82. The molecule has 1 heterocycles. The molecule has 0 spiro atoms. The fourth-order valence-corrected chi connectivity index (χ4v) is 3.19. The van der Waals surface area contributed by atoms with Gasteiger partial charge in [-0.05, 0) is 22.4 Å². The van der Waals surface area contributed by atoms with Crippen LogP contribution in [0.15, 0.2) is 83.3 Å². The van der Waals surface area contributed by atoms with Gasteiger partial charge in [-0.15, -0.1) is 11.3 Å². The van der Waals surface area contributed by atoms with Gasteiger partial charge in [-0.2, -0.15) is 5.10 Å². The van der Waals surface area contributed by atoms with Crippen molar-refractivity contribution >= 4 is 33.5 Å². The molecule has 0 aliphatic carbocycles. The number of anilines is 1. The van der Waals surface area contributed by atoms with Crippen LogP contribution in [0.2, 0.25) is 0 Å². The molecular weight excluding hydrogens is 314 g/mol. The lowest BCUT2D eigenvalue weighted by Crippen LogP contribution is -1.90. The number of nitrogens with one attached hydrogen (secondary N) is 1. The summed E-state index contributed by atoms with van der Waals surface area (Å²) in [5.74, 6) is 0. The van der Waals surface area contributed by atoms with Crippen molar-refractivity contribution in [2.45, 2.75) is 0 Å². The molecule has 24 heavy (non-hydrogen) atoms. The first-order valence-corrected chi connectivity index (χ1v) is 8.55. The maximum atomic E-state index is 4.56. The highest BCUT2D eigenvalue weighted by atomic mass is 32.1. The number of fused-ring (bicyclic) bond motifs is 1. The molecule has 1 N–H and O–H groups in total. The van der Waals surface area contributed by atoms with Gasteiger partial charge in [0.05, 0.1) is 11.9 Å². The van der Waals surface area contributed by atoms with E-state index in [-0.39, 0.29) is 0 Å². The van der Waals surface area contributed by atoms with Crippen molar-refractivity contribution in [2.75, 3.05) is 5.43 Å². The van der Waals surface area contributed by atoms with Gasteiger partial charge in [0, 0.05) is 10.9 Å². The van der Waals surface area contributed by atoms with Crippen LogP contribution >= 0.6 is 11.3 Å². The number of thiazole rings is 1. The predicted octanol–water partition coefficient (Wildman–Crippen LogP) is 5.41. The number of aromatic nitrogens is 1. The summed E-state index contributed by atoms with van der Waals surface area (Å²) in [7, 11) is 0. The third-order valence-corrected chi connectivity index (χ3v) is 4.47. The summed E-state index contributed by atoms with van der Waals surface area (Å²) in [6, 6.07) is 24.7. The number of nitrogens with zero attached hydrogens (tertiary/aromatic N) is 2. The average molecular weight is 329 g/mol. The summed E-state index contributed by atoms with van der Waals surface area (Å²) >= 11 is 1.55. The van der Waals surface area contributed by atoms with E-state index in [0.717, 1.165) is 22.0 Å². The topological polar surface area (TPSA) is 37.3 Å². The number of hydrazone groups is 1. The van der Waals surface area contributed by atoms with E-state index in [4.69, 9.17) is 0 Å². The van der Waals surface area contributed by atoms with Crippen molar-refractivity contribution in [3.05, 3.63) is 83.7 Å². The highest BCUT2D eigenvalue weighted by Crippen LogP contribution is 2.24. The lowest BCUT2D eigenvalue weighted by Gasteiger charge is -1.99. The summed E-state index contributed by atoms with van der Waals surface area (Å²) in [5.41, 5.74) is 6.14. The monoisotopic (exact) mass is 329 g/mol. The molecule has 0 radical (unpaired) electrons. The molecule has 1 aromatic heterocycles. The summed E-state index contributed by atoms with van der Waals surface area (Å²) < 4.78 is 0. The van der Waals surface area contributed by atoms with E-state index in [1.54, 1.807) is 11.3 Å². The zero-order valence-electron chi connectivity index (χ0n) is 12.9. The minimum Gasteiger partial charge on any atom is -0.253 e. The molecule has 0 aliphatic rings. The lowest BCUT2D eigenvalue weighted by molar-refractivity contribution is 1.29. The van der Waals surface area contributed by atoms with E-state index in [2.05, 4.69) is 58.0 Å². The molecule has 0 fully saturated rings. The number of benzene rings is 3. The molecule has 4 rings (SSSR count). The van der Waals surface area contributed by atoms with Gasteiger partial charge < -0.3 is 0 Å². The van der Waals surface area contributed by atoms with Crippen molar-refractivity contribution in [3.8, 4) is 11.3 Å². The molecule has 3 aromatic carbocycles. The predicted molar refractivity (Wildman–Crippen MR) is 103 cm³/mol. The maximum absolute atomic E-state index is 4.56. The fraction of sp³-hybridized carbons (Fsp3) is 0. The largest absolute Gasteiger partial charge is 0.253 e. The molecular formula is C20H15N3S. The van der Waals surface area contributed by atoms with E-state index in [9.17, 15) is 0 Å². The summed E-state index contributed by atoms with van der Waals surface area (Å²) in [6.45, 7) is 0. The van der Waals surface area contributed by atoms with Crippen molar-refractivity contribution in [1.82, 2.24) is 4.98 Å². The van der Waals surface area contributed by atoms with E-state index < -0.39 is 0 Å². The van der Waals surface area contributed by atoms with Crippen LogP contribution < -0.4 is 5.43 Å². The Hall–Kier alpha value is -2.98. The van der Waals surface area contributed by atoms with E-state index in [1.807, 2.05) is 41.9 Å². The van der Waals surface area contributed by atoms with Gasteiger partial charge in [0.2, 0.25) is 5.13 Å². The minimum absolute atomic E-state index is 0.783. The zero-order chi connectivity index (χ0) is 16.2.